The van der Waals surface area contributed by atoms with Gasteiger partial charge in [-0.1, -0.05) is 61.7 Å². The second kappa shape index (κ2) is 11.5. The van der Waals surface area contributed by atoms with Crippen molar-refractivity contribution in [3.8, 4) is 17.5 Å². The number of hydrogen-bond acceptors (Lipinski definition) is 5. The highest BCUT2D eigenvalue weighted by Crippen LogP contribution is 2.26. The molecule has 0 unspecified atom stereocenters. The number of benzene rings is 2. The van der Waals surface area contributed by atoms with Crippen molar-refractivity contribution in [2.75, 3.05) is 11.1 Å². The number of para-hydroxylation sites is 1. The minimum atomic E-state index is -0.193. The van der Waals surface area contributed by atoms with Crippen molar-refractivity contribution in [1.29, 1.82) is 5.26 Å². The zero-order chi connectivity index (χ0) is 22.1. The molecule has 0 saturated heterocycles. The predicted octanol–water partition coefficient (Wildman–Crippen LogP) is 5.78. The van der Waals surface area contributed by atoms with Gasteiger partial charge in [-0.2, -0.15) is 5.26 Å². The maximum Gasteiger partial charge on any atom is 0.234 e. The van der Waals surface area contributed by atoms with Gasteiger partial charge in [0.05, 0.1) is 17.0 Å². The molecule has 0 radical (unpaired) electrons. The van der Waals surface area contributed by atoms with E-state index in [4.69, 9.17) is 11.6 Å². The Hall–Kier alpha value is -2.82. The van der Waals surface area contributed by atoms with E-state index >= 15 is 0 Å². The van der Waals surface area contributed by atoms with Crippen LogP contribution in [-0.2, 0) is 11.3 Å². The van der Waals surface area contributed by atoms with Gasteiger partial charge in [0, 0.05) is 17.1 Å². The number of nitrogens with one attached hydrogen (secondary N) is 1. The molecule has 0 aliphatic heterocycles. The molecule has 0 fully saturated rings. The van der Waals surface area contributed by atoms with Gasteiger partial charge in [0.15, 0.2) is 11.0 Å². The van der Waals surface area contributed by atoms with Crippen molar-refractivity contribution < 1.29 is 4.79 Å². The highest BCUT2D eigenvalue weighted by Gasteiger charge is 2.16. The molecule has 1 N–H and O–H groups in total. The van der Waals surface area contributed by atoms with Crippen LogP contribution in [0.2, 0.25) is 5.02 Å². The van der Waals surface area contributed by atoms with E-state index in [0.29, 0.717) is 21.4 Å². The van der Waals surface area contributed by atoms with Crippen LogP contribution in [0, 0.1) is 11.3 Å². The SMILES string of the molecule is CCCCCCn1c(SCC(=O)Nc2ccccc2C#N)nnc1-c1ccc(Cl)cc1. The summed E-state index contributed by atoms with van der Waals surface area (Å²) in [5.41, 5.74) is 1.88. The first-order chi connectivity index (χ1) is 15.1. The molecule has 0 spiro atoms. The van der Waals surface area contributed by atoms with Gasteiger partial charge in [-0.25, -0.2) is 0 Å². The summed E-state index contributed by atoms with van der Waals surface area (Å²) >= 11 is 7.36. The van der Waals surface area contributed by atoms with Crippen molar-refractivity contribution in [2.45, 2.75) is 44.3 Å². The summed E-state index contributed by atoms with van der Waals surface area (Å²) < 4.78 is 2.07. The number of nitriles is 1. The molecular weight excluding hydrogens is 430 g/mol. The number of carbonyl (C=O) groups excluding carboxylic acids is 1. The molecule has 0 aliphatic rings. The number of amides is 1. The van der Waals surface area contributed by atoms with E-state index in [0.717, 1.165) is 37.2 Å². The van der Waals surface area contributed by atoms with Crippen molar-refractivity contribution in [3.05, 3.63) is 59.1 Å². The molecule has 0 saturated carbocycles. The van der Waals surface area contributed by atoms with Crippen LogP contribution in [0.4, 0.5) is 5.69 Å². The maximum atomic E-state index is 12.5. The number of halogens is 1. The van der Waals surface area contributed by atoms with E-state index in [1.807, 2.05) is 24.3 Å². The van der Waals surface area contributed by atoms with Crippen LogP contribution in [0.15, 0.2) is 53.7 Å². The van der Waals surface area contributed by atoms with Gasteiger partial charge in [0.1, 0.15) is 6.07 Å². The molecule has 8 heteroatoms. The Balaban J connectivity index is 1.72. The van der Waals surface area contributed by atoms with Crippen LogP contribution in [-0.4, -0.2) is 26.4 Å². The van der Waals surface area contributed by atoms with E-state index < -0.39 is 0 Å². The van der Waals surface area contributed by atoms with E-state index in [-0.39, 0.29) is 11.7 Å². The molecular formula is C23H24ClN5OS. The molecule has 2 aromatic carbocycles. The molecule has 6 nitrogen and oxygen atoms in total. The highest BCUT2D eigenvalue weighted by atomic mass is 35.5. The van der Waals surface area contributed by atoms with Crippen molar-refractivity contribution in [1.82, 2.24) is 14.8 Å². The second-order valence-corrected chi connectivity index (χ2v) is 8.40. The van der Waals surface area contributed by atoms with E-state index in [9.17, 15) is 10.1 Å². The summed E-state index contributed by atoms with van der Waals surface area (Å²) in [4.78, 5) is 12.5. The van der Waals surface area contributed by atoms with E-state index in [2.05, 4.69) is 33.1 Å². The summed E-state index contributed by atoms with van der Waals surface area (Å²) in [6.45, 7) is 2.97. The predicted molar refractivity (Wildman–Crippen MR) is 125 cm³/mol. The lowest BCUT2D eigenvalue weighted by Crippen LogP contribution is -2.15. The van der Waals surface area contributed by atoms with E-state index in [1.54, 1.807) is 24.3 Å². The Morgan fingerprint density at radius 2 is 1.90 bits per heavy atom. The molecule has 31 heavy (non-hydrogen) atoms. The van der Waals surface area contributed by atoms with Crippen molar-refractivity contribution in [3.63, 3.8) is 0 Å². The van der Waals surface area contributed by atoms with Gasteiger partial charge in [-0.3, -0.25) is 4.79 Å². The minimum Gasteiger partial charge on any atom is -0.324 e. The van der Waals surface area contributed by atoms with Crippen molar-refractivity contribution in [2.24, 2.45) is 0 Å². The van der Waals surface area contributed by atoms with Gasteiger partial charge >= 0.3 is 0 Å². The van der Waals surface area contributed by atoms with Crippen LogP contribution in [0.3, 0.4) is 0 Å². The number of hydrogen-bond donors (Lipinski definition) is 1. The third kappa shape index (κ3) is 6.33. The summed E-state index contributed by atoms with van der Waals surface area (Å²) in [5.74, 6) is 0.750. The first kappa shape index (κ1) is 22.9. The molecule has 1 aromatic heterocycles. The summed E-state index contributed by atoms with van der Waals surface area (Å²) in [5, 5.41) is 22.1. The molecule has 0 aliphatic carbocycles. The fourth-order valence-corrected chi connectivity index (χ4v) is 4.00. The third-order valence-corrected chi connectivity index (χ3v) is 5.93. The van der Waals surface area contributed by atoms with Gasteiger partial charge in [-0.05, 0) is 42.8 Å². The number of rotatable bonds is 10. The minimum absolute atomic E-state index is 0.174. The van der Waals surface area contributed by atoms with Gasteiger partial charge in [0.2, 0.25) is 5.91 Å². The zero-order valence-electron chi connectivity index (χ0n) is 17.3. The largest absolute Gasteiger partial charge is 0.324 e. The molecule has 3 aromatic rings. The Morgan fingerprint density at radius 1 is 1.13 bits per heavy atom. The fraction of sp³-hybridized carbons (Fsp3) is 0.304. The summed E-state index contributed by atoms with van der Waals surface area (Å²) in [6, 6.07) is 16.5. The molecule has 1 heterocycles. The highest BCUT2D eigenvalue weighted by molar-refractivity contribution is 7.99. The second-order valence-electron chi connectivity index (χ2n) is 7.02. The van der Waals surface area contributed by atoms with Gasteiger partial charge in [0.25, 0.3) is 0 Å². The standard InChI is InChI=1S/C23H24ClN5OS/c1-2-3-4-7-14-29-22(17-10-12-19(24)13-11-17)27-28-23(29)31-16-21(30)26-20-9-6-5-8-18(20)15-25/h5-6,8-13H,2-4,7,14,16H2,1H3,(H,26,30). The number of nitrogens with zero attached hydrogens (tertiary/aromatic N) is 4. The summed E-state index contributed by atoms with van der Waals surface area (Å²) in [6.07, 6.45) is 4.49. The maximum absolute atomic E-state index is 12.5. The quantitative estimate of drug-likeness (QED) is 0.310. The van der Waals surface area contributed by atoms with Crippen LogP contribution in [0.25, 0.3) is 11.4 Å². The lowest BCUT2D eigenvalue weighted by atomic mass is 10.2. The molecule has 3 rings (SSSR count). The van der Waals surface area contributed by atoms with Crippen LogP contribution >= 0.6 is 23.4 Å². The Labute approximate surface area is 191 Å². The van der Waals surface area contributed by atoms with Gasteiger partial charge < -0.3 is 9.88 Å². The first-order valence-corrected chi connectivity index (χ1v) is 11.6. The molecule has 0 atom stereocenters. The Kier molecular flexibility index (Phi) is 8.51. The van der Waals surface area contributed by atoms with E-state index in [1.165, 1.54) is 18.2 Å². The van der Waals surface area contributed by atoms with Crippen LogP contribution in [0.1, 0.15) is 38.2 Å². The number of thioether (sulfide) groups is 1. The lowest BCUT2D eigenvalue weighted by Gasteiger charge is -2.11. The fourth-order valence-electron chi connectivity index (χ4n) is 3.11. The zero-order valence-corrected chi connectivity index (χ0v) is 18.9. The molecule has 0 bridgehead atoms. The average molecular weight is 454 g/mol. The van der Waals surface area contributed by atoms with Crippen LogP contribution in [0.5, 0.6) is 0 Å². The topological polar surface area (TPSA) is 83.6 Å². The van der Waals surface area contributed by atoms with Gasteiger partial charge in [-0.15, -0.1) is 10.2 Å². The third-order valence-electron chi connectivity index (χ3n) is 4.71. The average Bonchev–Trinajstić information content (AvgIpc) is 3.19. The van der Waals surface area contributed by atoms with Crippen LogP contribution < -0.4 is 5.32 Å². The lowest BCUT2D eigenvalue weighted by molar-refractivity contribution is -0.113. The monoisotopic (exact) mass is 453 g/mol. The normalized spacial score (nSPS) is 10.6. The summed E-state index contributed by atoms with van der Waals surface area (Å²) in [7, 11) is 0. The number of aromatic nitrogens is 3. The smallest absolute Gasteiger partial charge is 0.234 e. The number of unbranched alkanes of at least 4 members (excludes halogenated alkanes) is 3. The number of carbonyl (C=O) groups is 1. The Bertz CT molecular complexity index is 1060. The first-order valence-electron chi connectivity index (χ1n) is 10.2. The van der Waals surface area contributed by atoms with Crippen molar-refractivity contribution >= 4 is 35.0 Å². The Morgan fingerprint density at radius 3 is 2.65 bits per heavy atom. The number of anilines is 1. The molecule has 160 valence electrons. The molecule has 1 amide bonds.